The van der Waals surface area contributed by atoms with Crippen LogP contribution in [0.2, 0.25) is 0 Å². The van der Waals surface area contributed by atoms with Gasteiger partial charge in [0.15, 0.2) is 0 Å². The zero-order chi connectivity index (χ0) is 18.4. The summed E-state index contributed by atoms with van der Waals surface area (Å²) in [6.45, 7) is 3.94. The molecule has 1 amide bonds. The van der Waals surface area contributed by atoms with Crippen molar-refractivity contribution >= 4 is 21.6 Å². The van der Waals surface area contributed by atoms with Gasteiger partial charge in [-0.25, -0.2) is 8.42 Å². The molecule has 0 unspecified atom stereocenters. The third kappa shape index (κ3) is 4.58. The van der Waals surface area contributed by atoms with Gasteiger partial charge in [0.25, 0.3) is 15.9 Å². The summed E-state index contributed by atoms with van der Waals surface area (Å²) in [6.07, 6.45) is 0. The average Bonchev–Trinajstić information content (AvgIpc) is 2.59. The van der Waals surface area contributed by atoms with Gasteiger partial charge >= 0.3 is 0 Å². The first-order valence-corrected chi connectivity index (χ1v) is 9.21. The SMILES string of the molecule is CCN(CC#N)C(=O)c1cccc(S(=O)(=O)Nc2cccc(C)c2)c1. The Hall–Kier alpha value is -2.85. The van der Waals surface area contributed by atoms with Crippen LogP contribution in [0.1, 0.15) is 22.8 Å². The highest BCUT2D eigenvalue weighted by atomic mass is 32.2. The molecule has 7 heteroatoms. The lowest BCUT2D eigenvalue weighted by Crippen LogP contribution is -2.31. The predicted octanol–water partition coefficient (Wildman–Crippen LogP) is 2.78. The van der Waals surface area contributed by atoms with E-state index in [0.717, 1.165) is 5.56 Å². The Kier molecular flexibility index (Phi) is 5.78. The van der Waals surface area contributed by atoms with Crippen LogP contribution in [-0.4, -0.2) is 32.3 Å². The molecule has 0 spiro atoms. The molecule has 0 bridgehead atoms. The molecule has 2 rings (SSSR count). The molecule has 130 valence electrons. The summed E-state index contributed by atoms with van der Waals surface area (Å²) in [5.74, 6) is -0.378. The number of carbonyl (C=O) groups excluding carboxylic acids is 1. The molecule has 2 aromatic carbocycles. The van der Waals surface area contributed by atoms with Crippen LogP contribution in [0.4, 0.5) is 5.69 Å². The molecule has 6 nitrogen and oxygen atoms in total. The summed E-state index contributed by atoms with van der Waals surface area (Å²) < 4.78 is 27.6. The van der Waals surface area contributed by atoms with Gasteiger partial charge in [0.1, 0.15) is 6.54 Å². The summed E-state index contributed by atoms with van der Waals surface area (Å²) in [4.78, 5) is 13.7. The van der Waals surface area contributed by atoms with Gasteiger partial charge < -0.3 is 4.90 Å². The van der Waals surface area contributed by atoms with E-state index in [2.05, 4.69) is 4.72 Å². The Morgan fingerprint density at radius 3 is 2.56 bits per heavy atom. The number of carbonyl (C=O) groups is 1. The number of hydrogen-bond acceptors (Lipinski definition) is 4. The molecule has 2 aromatic rings. The van der Waals surface area contributed by atoms with Crippen molar-refractivity contribution in [1.29, 1.82) is 5.26 Å². The van der Waals surface area contributed by atoms with Crippen molar-refractivity contribution in [2.24, 2.45) is 0 Å². The van der Waals surface area contributed by atoms with Crippen LogP contribution in [0, 0.1) is 18.3 Å². The van der Waals surface area contributed by atoms with E-state index in [1.807, 2.05) is 19.1 Å². The average molecular weight is 357 g/mol. The lowest BCUT2D eigenvalue weighted by molar-refractivity contribution is 0.0784. The van der Waals surface area contributed by atoms with E-state index in [9.17, 15) is 13.2 Å². The number of hydrogen-bond donors (Lipinski definition) is 1. The fourth-order valence-corrected chi connectivity index (χ4v) is 3.41. The van der Waals surface area contributed by atoms with E-state index in [0.29, 0.717) is 12.2 Å². The molecule has 0 saturated heterocycles. The monoisotopic (exact) mass is 357 g/mol. The van der Waals surface area contributed by atoms with Crippen LogP contribution in [0.25, 0.3) is 0 Å². The number of nitrogens with one attached hydrogen (secondary N) is 1. The molecule has 0 aromatic heterocycles. The first-order chi connectivity index (χ1) is 11.9. The predicted molar refractivity (Wildman–Crippen MR) is 95.6 cm³/mol. The van der Waals surface area contributed by atoms with Crippen LogP contribution < -0.4 is 4.72 Å². The van der Waals surface area contributed by atoms with Crippen molar-refractivity contribution in [3.05, 3.63) is 59.7 Å². The van der Waals surface area contributed by atoms with E-state index in [-0.39, 0.29) is 22.9 Å². The zero-order valence-electron chi connectivity index (χ0n) is 14.1. The standard InChI is InChI=1S/C18H19N3O3S/c1-3-21(11-10-19)18(22)15-7-5-9-17(13-15)25(23,24)20-16-8-4-6-14(2)12-16/h4-9,12-13,20H,3,11H2,1-2H3. The number of anilines is 1. The molecule has 0 aliphatic rings. The smallest absolute Gasteiger partial charge is 0.261 e. The van der Waals surface area contributed by atoms with Gasteiger partial charge in [-0.3, -0.25) is 9.52 Å². The minimum atomic E-state index is -3.82. The number of rotatable bonds is 6. The summed E-state index contributed by atoms with van der Waals surface area (Å²) in [6, 6.07) is 14.7. The summed E-state index contributed by atoms with van der Waals surface area (Å²) in [5.41, 5.74) is 1.61. The van der Waals surface area contributed by atoms with Gasteiger partial charge in [0, 0.05) is 17.8 Å². The third-order valence-corrected chi connectivity index (χ3v) is 4.97. The molecule has 25 heavy (non-hydrogen) atoms. The Balaban J connectivity index is 2.31. The topological polar surface area (TPSA) is 90.3 Å². The molecule has 0 aliphatic carbocycles. The Labute approximate surface area is 147 Å². The number of sulfonamides is 1. The Bertz CT molecular complexity index is 917. The molecule has 0 atom stereocenters. The third-order valence-electron chi connectivity index (χ3n) is 3.59. The molecular weight excluding hydrogens is 338 g/mol. The second kappa shape index (κ2) is 7.81. The second-order valence-electron chi connectivity index (χ2n) is 5.48. The van der Waals surface area contributed by atoms with Crippen LogP contribution in [0.5, 0.6) is 0 Å². The highest BCUT2D eigenvalue weighted by molar-refractivity contribution is 7.92. The number of aryl methyl sites for hydroxylation is 1. The van der Waals surface area contributed by atoms with Crippen molar-refractivity contribution in [3.63, 3.8) is 0 Å². The van der Waals surface area contributed by atoms with Crippen molar-refractivity contribution in [2.75, 3.05) is 17.8 Å². The maximum absolute atomic E-state index is 12.6. The summed E-state index contributed by atoms with van der Waals surface area (Å²) in [7, 11) is -3.82. The largest absolute Gasteiger partial charge is 0.326 e. The van der Waals surface area contributed by atoms with Crippen LogP contribution in [0.3, 0.4) is 0 Å². The van der Waals surface area contributed by atoms with Crippen LogP contribution >= 0.6 is 0 Å². The quantitative estimate of drug-likeness (QED) is 0.805. The summed E-state index contributed by atoms with van der Waals surface area (Å²) in [5, 5.41) is 8.78. The minimum Gasteiger partial charge on any atom is -0.326 e. The van der Waals surface area contributed by atoms with Crippen LogP contribution in [0.15, 0.2) is 53.4 Å². The van der Waals surface area contributed by atoms with E-state index < -0.39 is 10.0 Å². The molecule has 0 radical (unpaired) electrons. The number of amides is 1. The van der Waals surface area contributed by atoms with E-state index in [4.69, 9.17) is 5.26 Å². The fraction of sp³-hybridized carbons (Fsp3) is 0.222. The van der Waals surface area contributed by atoms with Gasteiger partial charge in [-0.05, 0) is 49.7 Å². The van der Waals surface area contributed by atoms with Gasteiger partial charge in [0.05, 0.1) is 11.0 Å². The first kappa shape index (κ1) is 18.5. The minimum absolute atomic E-state index is 0.00660. The van der Waals surface area contributed by atoms with E-state index >= 15 is 0 Å². The molecule has 0 aliphatic heterocycles. The summed E-state index contributed by atoms with van der Waals surface area (Å²) >= 11 is 0. The van der Waals surface area contributed by atoms with Gasteiger partial charge in [-0.2, -0.15) is 5.26 Å². The maximum Gasteiger partial charge on any atom is 0.261 e. The van der Waals surface area contributed by atoms with E-state index in [1.54, 1.807) is 25.1 Å². The van der Waals surface area contributed by atoms with Crippen molar-refractivity contribution in [3.8, 4) is 6.07 Å². The highest BCUT2D eigenvalue weighted by Crippen LogP contribution is 2.18. The highest BCUT2D eigenvalue weighted by Gasteiger charge is 2.19. The molecule has 0 heterocycles. The molecule has 0 fully saturated rings. The fourth-order valence-electron chi connectivity index (χ4n) is 2.31. The lowest BCUT2D eigenvalue weighted by atomic mass is 10.2. The Morgan fingerprint density at radius 2 is 1.92 bits per heavy atom. The van der Waals surface area contributed by atoms with Crippen molar-refractivity contribution in [1.82, 2.24) is 4.90 Å². The first-order valence-electron chi connectivity index (χ1n) is 7.73. The lowest BCUT2D eigenvalue weighted by Gasteiger charge is -2.17. The number of benzene rings is 2. The number of nitrogens with zero attached hydrogens (tertiary/aromatic N) is 2. The zero-order valence-corrected chi connectivity index (χ0v) is 14.9. The van der Waals surface area contributed by atoms with Gasteiger partial charge in [-0.15, -0.1) is 0 Å². The van der Waals surface area contributed by atoms with E-state index in [1.165, 1.54) is 29.2 Å². The normalized spacial score (nSPS) is 10.8. The van der Waals surface area contributed by atoms with Gasteiger partial charge in [0.2, 0.25) is 0 Å². The van der Waals surface area contributed by atoms with Crippen LogP contribution in [-0.2, 0) is 10.0 Å². The molecule has 1 N–H and O–H groups in total. The maximum atomic E-state index is 12.6. The van der Waals surface area contributed by atoms with Gasteiger partial charge in [-0.1, -0.05) is 18.2 Å². The van der Waals surface area contributed by atoms with Crippen molar-refractivity contribution < 1.29 is 13.2 Å². The molecule has 0 saturated carbocycles. The number of nitriles is 1. The Morgan fingerprint density at radius 1 is 1.20 bits per heavy atom. The van der Waals surface area contributed by atoms with Crippen molar-refractivity contribution in [2.45, 2.75) is 18.7 Å². The second-order valence-corrected chi connectivity index (χ2v) is 7.16. The molecular formula is C18H19N3O3S.